The number of oxime groups is 1. The summed E-state index contributed by atoms with van der Waals surface area (Å²) in [5, 5.41) is 6.87. The summed E-state index contributed by atoms with van der Waals surface area (Å²) >= 11 is 7.49. The van der Waals surface area contributed by atoms with E-state index in [1.807, 2.05) is 40.2 Å². The van der Waals surface area contributed by atoms with Gasteiger partial charge in [0.2, 0.25) is 0 Å². The van der Waals surface area contributed by atoms with Gasteiger partial charge in [-0.05, 0) is 24.6 Å². The van der Waals surface area contributed by atoms with Gasteiger partial charge in [0.05, 0.1) is 17.6 Å². The molecule has 0 aliphatic heterocycles. The third kappa shape index (κ3) is 3.49. The molecule has 0 amide bonds. The molecule has 0 aliphatic carbocycles. The van der Waals surface area contributed by atoms with Crippen LogP contribution in [-0.2, 0) is 11.4 Å². The number of halogens is 1. The molecule has 0 bridgehead atoms. The van der Waals surface area contributed by atoms with Crippen molar-refractivity contribution in [2.75, 3.05) is 0 Å². The second kappa shape index (κ2) is 7.32. The van der Waals surface area contributed by atoms with Gasteiger partial charge in [0.1, 0.15) is 6.61 Å². The number of fused-ring (bicyclic) bond motifs is 1. The Morgan fingerprint density at radius 1 is 1.15 bits per heavy atom. The van der Waals surface area contributed by atoms with Crippen molar-refractivity contribution in [3.8, 4) is 11.3 Å². The molecule has 0 saturated heterocycles. The summed E-state index contributed by atoms with van der Waals surface area (Å²) in [5.41, 5.74) is 5.10. The summed E-state index contributed by atoms with van der Waals surface area (Å²) in [5.74, 6) is 0. The first kappa shape index (κ1) is 16.8. The van der Waals surface area contributed by atoms with Crippen molar-refractivity contribution in [2.45, 2.75) is 13.5 Å². The van der Waals surface area contributed by atoms with Crippen molar-refractivity contribution in [1.29, 1.82) is 0 Å². The van der Waals surface area contributed by atoms with Crippen LogP contribution in [0, 0.1) is 6.92 Å². The number of aryl methyl sites for hydroxylation is 1. The molecule has 0 unspecified atom stereocenters. The summed E-state index contributed by atoms with van der Waals surface area (Å²) in [7, 11) is 0. The highest BCUT2D eigenvalue weighted by Gasteiger charge is 2.13. The van der Waals surface area contributed by atoms with Gasteiger partial charge in [0.25, 0.3) is 0 Å². The molecular weight excluding hydrogens is 366 g/mol. The standard InChI is InChI=1S/C20H16ClN3OS/c1-14-2-6-16(7-3-14)19-18(24-10-11-26-20(24)23-19)12-22-25-13-15-4-8-17(21)9-5-15/h2-12H,13H2,1H3/b22-12+. The van der Waals surface area contributed by atoms with Gasteiger partial charge in [0.15, 0.2) is 4.96 Å². The van der Waals surface area contributed by atoms with E-state index in [9.17, 15) is 0 Å². The fourth-order valence-corrected chi connectivity index (χ4v) is 3.48. The summed E-state index contributed by atoms with van der Waals surface area (Å²) < 4.78 is 2.02. The van der Waals surface area contributed by atoms with Crippen LogP contribution in [0.3, 0.4) is 0 Å². The van der Waals surface area contributed by atoms with E-state index >= 15 is 0 Å². The maximum absolute atomic E-state index is 5.89. The third-order valence-corrected chi connectivity index (χ3v) is 5.03. The topological polar surface area (TPSA) is 38.9 Å². The number of thiazole rings is 1. The maximum atomic E-state index is 5.89. The zero-order valence-electron chi connectivity index (χ0n) is 14.1. The van der Waals surface area contributed by atoms with Gasteiger partial charge in [0, 0.05) is 22.2 Å². The highest BCUT2D eigenvalue weighted by atomic mass is 35.5. The first-order chi connectivity index (χ1) is 12.7. The van der Waals surface area contributed by atoms with E-state index in [0.717, 1.165) is 27.5 Å². The van der Waals surface area contributed by atoms with Gasteiger partial charge in [-0.1, -0.05) is 58.7 Å². The Morgan fingerprint density at radius 2 is 1.92 bits per heavy atom. The Balaban J connectivity index is 1.58. The predicted molar refractivity (Wildman–Crippen MR) is 107 cm³/mol. The zero-order valence-corrected chi connectivity index (χ0v) is 15.7. The lowest BCUT2D eigenvalue weighted by molar-refractivity contribution is 0.132. The summed E-state index contributed by atoms with van der Waals surface area (Å²) in [6.45, 7) is 2.46. The van der Waals surface area contributed by atoms with Gasteiger partial charge >= 0.3 is 0 Å². The lowest BCUT2D eigenvalue weighted by Crippen LogP contribution is -1.93. The quantitative estimate of drug-likeness (QED) is 0.334. The normalized spacial score (nSPS) is 11.5. The summed E-state index contributed by atoms with van der Waals surface area (Å²) in [6, 6.07) is 15.8. The van der Waals surface area contributed by atoms with E-state index in [0.29, 0.717) is 11.6 Å². The Hall–Kier alpha value is -2.63. The van der Waals surface area contributed by atoms with Crippen LogP contribution in [0.4, 0.5) is 0 Å². The molecule has 6 heteroatoms. The van der Waals surface area contributed by atoms with Crippen LogP contribution in [0.5, 0.6) is 0 Å². The first-order valence-corrected chi connectivity index (χ1v) is 9.39. The number of rotatable bonds is 5. The largest absolute Gasteiger partial charge is 0.391 e. The maximum Gasteiger partial charge on any atom is 0.194 e. The fourth-order valence-electron chi connectivity index (χ4n) is 2.63. The second-order valence-electron chi connectivity index (χ2n) is 5.90. The molecule has 0 spiro atoms. The molecule has 26 heavy (non-hydrogen) atoms. The molecule has 130 valence electrons. The van der Waals surface area contributed by atoms with Gasteiger partial charge in [-0.3, -0.25) is 4.40 Å². The van der Waals surface area contributed by atoms with Crippen LogP contribution in [-0.4, -0.2) is 15.6 Å². The molecule has 0 saturated carbocycles. The molecule has 0 fully saturated rings. The molecule has 4 aromatic rings. The number of aromatic nitrogens is 2. The van der Waals surface area contributed by atoms with Crippen LogP contribution >= 0.6 is 22.9 Å². The summed E-state index contributed by atoms with van der Waals surface area (Å²) in [4.78, 5) is 11.1. The molecule has 0 aliphatic rings. The van der Waals surface area contributed by atoms with Crippen molar-refractivity contribution in [3.05, 3.63) is 82.0 Å². The zero-order chi connectivity index (χ0) is 17.9. The molecule has 0 radical (unpaired) electrons. The molecule has 4 nitrogen and oxygen atoms in total. The number of benzene rings is 2. The Kier molecular flexibility index (Phi) is 4.73. The van der Waals surface area contributed by atoms with Gasteiger partial charge in [-0.2, -0.15) is 0 Å². The lowest BCUT2D eigenvalue weighted by Gasteiger charge is -2.02. The fraction of sp³-hybridized carbons (Fsp3) is 0.100. The SMILES string of the molecule is Cc1ccc(-c2nc3sccn3c2/C=N/OCc2ccc(Cl)cc2)cc1. The van der Waals surface area contributed by atoms with Crippen molar-refractivity contribution in [3.63, 3.8) is 0 Å². The first-order valence-electron chi connectivity index (χ1n) is 8.13. The molecule has 0 atom stereocenters. The average Bonchev–Trinajstić information content (AvgIpc) is 3.23. The van der Waals surface area contributed by atoms with E-state index in [4.69, 9.17) is 21.4 Å². The number of hydrogen-bond donors (Lipinski definition) is 0. The Bertz CT molecular complexity index is 1050. The third-order valence-electron chi connectivity index (χ3n) is 4.02. The Morgan fingerprint density at radius 3 is 2.69 bits per heavy atom. The highest BCUT2D eigenvalue weighted by Crippen LogP contribution is 2.26. The molecule has 0 N–H and O–H groups in total. The molecular formula is C20H16ClN3OS. The minimum Gasteiger partial charge on any atom is -0.391 e. The monoisotopic (exact) mass is 381 g/mol. The van der Waals surface area contributed by atoms with Crippen LogP contribution in [0.1, 0.15) is 16.8 Å². The van der Waals surface area contributed by atoms with Crippen LogP contribution in [0.25, 0.3) is 16.2 Å². The van der Waals surface area contributed by atoms with E-state index in [-0.39, 0.29) is 0 Å². The van der Waals surface area contributed by atoms with Crippen LogP contribution in [0.2, 0.25) is 5.02 Å². The van der Waals surface area contributed by atoms with Crippen molar-refractivity contribution < 1.29 is 4.84 Å². The molecule has 2 aromatic heterocycles. The van der Waals surface area contributed by atoms with Crippen LogP contribution < -0.4 is 0 Å². The van der Waals surface area contributed by atoms with Crippen molar-refractivity contribution in [2.24, 2.45) is 5.16 Å². The lowest BCUT2D eigenvalue weighted by atomic mass is 10.1. The number of imidazole rings is 1. The van der Waals surface area contributed by atoms with Crippen LogP contribution in [0.15, 0.2) is 65.3 Å². The van der Waals surface area contributed by atoms with E-state index in [1.165, 1.54) is 5.56 Å². The van der Waals surface area contributed by atoms with E-state index < -0.39 is 0 Å². The van der Waals surface area contributed by atoms with Crippen molar-refractivity contribution in [1.82, 2.24) is 9.38 Å². The van der Waals surface area contributed by atoms with Crippen molar-refractivity contribution >= 4 is 34.1 Å². The molecule has 2 aromatic carbocycles. The Labute approximate surface area is 160 Å². The predicted octanol–water partition coefficient (Wildman–Crippen LogP) is 5.58. The van der Waals surface area contributed by atoms with Gasteiger partial charge in [-0.25, -0.2) is 4.98 Å². The minimum atomic E-state index is 0.388. The van der Waals surface area contributed by atoms with Gasteiger partial charge in [-0.15, -0.1) is 11.3 Å². The average molecular weight is 382 g/mol. The minimum absolute atomic E-state index is 0.388. The molecule has 2 heterocycles. The van der Waals surface area contributed by atoms with Gasteiger partial charge < -0.3 is 4.84 Å². The highest BCUT2D eigenvalue weighted by molar-refractivity contribution is 7.15. The smallest absolute Gasteiger partial charge is 0.194 e. The van der Waals surface area contributed by atoms with E-state index in [2.05, 4.69) is 36.3 Å². The number of hydrogen-bond acceptors (Lipinski definition) is 4. The second-order valence-corrected chi connectivity index (χ2v) is 7.21. The molecule has 4 rings (SSSR count). The number of nitrogens with zero attached hydrogens (tertiary/aromatic N) is 3. The summed E-state index contributed by atoms with van der Waals surface area (Å²) in [6.07, 6.45) is 3.71. The van der Waals surface area contributed by atoms with E-state index in [1.54, 1.807) is 17.6 Å².